The third-order valence-electron chi connectivity index (χ3n) is 2.92. The minimum atomic E-state index is -2.86. The molecule has 1 N–H and O–H groups in total. The molecule has 1 fully saturated rings. The number of hydrogen-bond acceptors (Lipinski definition) is 3. The van der Waals surface area contributed by atoms with Crippen LogP contribution in [0, 0.1) is 0 Å². The quantitative estimate of drug-likeness (QED) is 0.746. The van der Waals surface area contributed by atoms with Crippen LogP contribution in [-0.4, -0.2) is 32.5 Å². The number of sulfone groups is 1. The fourth-order valence-corrected chi connectivity index (χ4v) is 3.21. The fourth-order valence-electron chi connectivity index (χ4n) is 2.04. The molecule has 0 heterocycles. The lowest BCUT2D eigenvalue weighted by Crippen LogP contribution is -2.39. The van der Waals surface area contributed by atoms with E-state index in [-0.39, 0.29) is 5.25 Å². The maximum atomic E-state index is 11.4. The second-order valence-corrected chi connectivity index (χ2v) is 6.98. The Morgan fingerprint density at radius 1 is 1.47 bits per heavy atom. The van der Waals surface area contributed by atoms with Crippen molar-refractivity contribution in [3.05, 3.63) is 12.2 Å². The lowest BCUT2D eigenvalue weighted by molar-refractivity contribution is 0.381. The first kappa shape index (κ1) is 12.7. The second kappa shape index (κ2) is 5.12. The number of nitrogens with one attached hydrogen (secondary N) is 1. The largest absolute Gasteiger partial charge is 0.310 e. The molecule has 2 atom stereocenters. The predicted molar refractivity (Wildman–Crippen MR) is 63.7 cm³/mol. The first-order valence-electron chi connectivity index (χ1n) is 5.46. The van der Waals surface area contributed by atoms with Gasteiger partial charge in [-0.1, -0.05) is 18.6 Å². The van der Waals surface area contributed by atoms with E-state index in [1.807, 2.05) is 6.92 Å². The Morgan fingerprint density at radius 3 is 2.67 bits per heavy atom. The highest BCUT2D eigenvalue weighted by atomic mass is 32.2. The van der Waals surface area contributed by atoms with Crippen molar-refractivity contribution in [3.63, 3.8) is 0 Å². The number of hydrogen-bond donors (Lipinski definition) is 1. The zero-order chi connectivity index (χ0) is 11.5. The van der Waals surface area contributed by atoms with Crippen molar-refractivity contribution < 1.29 is 8.42 Å². The zero-order valence-electron chi connectivity index (χ0n) is 9.62. The molecular weight excluding hydrogens is 210 g/mol. The third kappa shape index (κ3) is 4.34. The molecule has 2 unspecified atom stereocenters. The molecule has 0 aromatic rings. The predicted octanol–water partition coefficient (Wildman–Crippen LogP) is 1.51. The molecular formula is C11H21NO2S. The molecule has 0 radical (unpaired) electrons. The van der Waals surface area contributed by atoms with E-state index >= 15 is 0 Å². The second-order valence-electron chi connectivity index (χ2n) is 4.65. The van der Waals surface area contributed by atoms with Gasteiger partial charge in [0.1, 0.15) is 9.84 Å². The molecule has 1 aliphatic carbocycles. The van der Waals surface area contributed by atoms with Crippen LogP contribution >= 0.6 is 0 Å². The van der Waals surface area contributed by atoms with Crippen LogP contribution in [-0.2, 0) is 9.84 Å². The van der Waals surface area contributed by atoms with Crippen LogP contribution in [0.1, 0.15) is 32.6 Å². The van der Waals surface area contributed by atoms with Crippen molar-refractivity contribution in [1.29, 1.82) is 0 Å². The minimum absolute atomic E-state index is 0.145. The standard InChI is InChI=1S/C11H21NO2S/c1-9(2)8-12-10-5-4-6-11(7-10)15(3,13)14/h10-12H,1,4-8H2,2-3H3. The molecule has 0 amide bonds. The molecule has 3 nitrogen and oxygen atoms in total. The zero-order valence-corrected chi connectivity index (χ0v) is 10.4. The molecule has 15 heavy (non-hydrogen) atoms. The van der Waals surface area contributed by atoms with E-state index in [0.29, 0.717) is 6.04 Å². The Balaban J connectivity index is 2.46. The van der Waals surface area contributed by atoms with Gasteiger partial charge in [0.25, 0.3) is 0 Å². The van der Waals surface area contributed by atoms with E-state index in [1.165, 1.54) is 6.26 Å². The van der Waals surface area contributed by atoms with Gasteiger partial charge in [0.2, 0.25) is 0 Å². The average molecular weight is 231 g/mol. The Bertz CT molecular complexity index is 321. The fraction of sp³-hybridized carbons (Fsp3) is 0.818. The minimum Gasteiger partial charge on any atom is -0.310 e. The van der Waals surface area contributed by atoms with Gasteiger partial charge in [-0.2, -0.15) is 0 Å². The Kier molecular flexibility index (Phi) is 4.34. The highest BCUT2D eigenvalue weighted by Crippen LogP contribution is 2.23. The molecule has 88 valence electrons. The maximum absolute atomic E-state index is 11.4. The van der Waals surface area contributed by atoms with E-state index in [1.54, 1.807) is 0 Å². The molecule has 0 spiro atoms. The van der Waals surface area contributed by atoms with Gasteiger partial charge in [0.05, 0.1) is 5.25 Å². The van der Waals surface area contributed by atoms with E-state index in [9.17, 15) is 8.42 Å². The van der Waals surface area contributed by atoms with Crippen LogP contribution in [0.3, 0.4) is 0 Å². The molecule has 1 saturated carbocycles. The Morgan fingerprint density at radius 2 is 2.13 bits per heavy atom. The molecule has 1 aliphatic rings. The molecule has 1 rings (SSSR count). The van der Waals surface area contributed by atoms with Gasteiger partial charge in [0, 0.05) is 18.8 Å². The lowest BCUT2D eigenvalue weighted by Gasteiger charge is -2.28. The third-order valence-corrected chi connectivity index (χ3v) is 4.56. The summed E-state index contributed by atoms with van der Waals surface area (Å²) < 4.78 is 22.8. The highest BCUT2D eigenvalue weighted by molar-refractivity contribution is 7.91. The van der Waals surface area contributed by atoms with Gasteiger partial charge in [-0.3, -0.25) is 0 Å². The summed E-state index contributed by atoms with van der Waals surface area (Å²) in [5.74, 6) is 0. The summed E-state index contributed by atoms with van der Waals surface area (Å²) >= 11 is 0. The van der Waals surface area contributed by atoms with E-state index < -0.39 is 9.84 Å². The van der Waals surface area contributed by atoms with Gasteiger partial charge in [-0.05, 0) is 26.2 Å². The topological polar surface area (TPSA) is 46.2 Å². The van der Waals surface area contributed by atoms with E-state index in [2.05, 4.69) is 11.9 Å². The summed E-state index contributed by atoms with van der Waals surface area (Å²) in [6.07, 6.45) is 5.01. The summed E-state index contributed by atoms with van der Waals surface area (Å²) in [7, 11) is -2.86. The highest BCUT2D eigenvalue weighted by Gasteiger charge is 2.28. The van der Waals surface area contributed by atoms with E-state index in [0.717, 1.165) is 37.8 Å². The van der Waals surface area contributed by atoms with Gasteiger partial charge >= 0.3 is 0 Å². The molecule has 4 heteroatoms. The summed E-state index contributed by atoms with van der Waals surface area (Å²) in [5, 5.41) is 3.21. The van der Waals surface area contributed by atoms with Crippen LogP contribution in [0.15, 0.2) is 12.2 Å². The van der Waals surface area contributed by atoms with Crippen molar-refractivity contribution >= 4 is 9.84 Å². The van der Waals surface area contributed by atoms with E-state index in [4.69, 9.17) is 0 Å². The van der Waals surface area contributed by atoms with Crippen molar-refractivity contribution in [3.8, 4) is 0 Å². The van der Waals surface area contributed by atoms with Crippen molar-refractivity contribution in [2.24, 2.45) is 0 Å². The normalized spacial score (nSPS) is 27.6. The van der Waals surface area contributed by atoms with Crippen LogP contribution < -0.4 is 5.32 Å². The first-order chi connectivity index (χ1) is 6.89. The Labute approximate surface area is 92.9 Å². The van der Waals surface area contributed by atoms with Crippen LogP contribution in [0.5, 0.6) is 0 Å². The number of rotatable bonds is 4. The summed E-state index contributed by atoms with van der Waals surface area (Å²) in [6, 6.07) is 0.343. The van der Waals surface area contributed by atoms with Crippen LogP contribution in [0.4, 0.5) is 0 Å². The van der Waals surface area contributed by atoms with Gasteiger partial charge in [0.15, 0.2) is 0 Å². The van der Waals surface area contributed by atoms with Gasteiger partial charge in [-0.15, -0.1) is 0 Å². The smallest absolute Gasteiger partial charge is 0.150 e. The summed E-state index contributed by atoms with van der Waals surface area (Å²) in [5.41, 5.74) is 1.09. The maximum Gasteiger partial charge on any atom is 0.150 e. The van der Waals surface area contributed by atoms with Crippen molar-refractivity contribution in [2.75, 3.05) is 12.8 Å². The van der Waals surface area contributed by atoms with Crippen molar-refractivity contribution in [2.45, 2.75) is 43.9 Å². The summed E-state index contributed by atoms with van der Waals surface area (Å²) in [4.78, 5) is 0. The van der Waals surface area contributed by atoms with Crippen LogP contribution in [0.2, 0.25) is 0 Å². The van der Waals surface area contributed by atoms with Gasteiger partial charge in [-0.25, -0.2) is 8.42 Å². The average Bonchev–Trinajstić information content (AvgIpc) is 2.14. The molecule has 0 aliphatic heterocycles. The molecule has 0 aromatic carbocycles. The molecule has 0 saturated heterocycles. The molecule has 0 aromatic heterocycles. The van der Waals surface area contributed by atoms with Gasteiger partial charge < -0.3 is 5.32 Å². The monoisotopic (exact) mass is 231 g/mol. The summed E-state index contributed by atoms with van der Waals surface area (Å²) in [6.45, 7) is 6.60. The Hall–Kier alpha value is -0.350. The first-order valence-corrected chi connectivity index (χ1v) is 7.41. The lowest BCUT2D eigenvalue weighted by atomic mass is 9.95. The van der Waals surface area contributed by atoms with Crippen molar-refractivity contribution in [1.82, 2.24) is 5.32 Å². The molecule has 0 bridgehead atoms. The SMILES string of the molecule is C=C(C)CNC1CCCC(S(C)(=O)=O)C1. The van der Waals surface area contributed by atoms with Crippen LogP contribution in [0.25, 0.3) is 0 Å².